The van der Waals surface area contributed by atoms with Crippen molar-refractivity contribution >= 4 is 17.4 Å². The zero-order valence-corrected chi connectivity index (χ0v) is 14.1. The number of rotatable bonds is 6. The highest BCUT2D eigenvalue weighted by atomic mass is 32.1. The molecule has 1 aromatic heterocycles. The van der Waals surface area contributed by atoms with Crippen molar-refractivity contribution < 1.29 is 9.53 Å². The first kappa shape index (κ1) is 15.8. The van der Waals surface area contributed by atoms with Gasteiger partial charge >= 0.3 is 6.03 Å². The molecule has 1 saturated heterocycles. The molecule has 0 aromatic carbocycles. The van der Waals surface area contributed by atoms with Crippen LogP contribution in [0.5, 0.6) is 0 Å². The molecule has 1 N–H and O–H groups in total. The lowest BCUT2D eigenvalue weighted by Crippen LogP contribution is -2.48. The van der Waals surface area contributed by atoms with E-state index in [1.807, 2.05) is 4.90 Å². The van der Waals surface area contributed by atoms with Crippen LogP contribution >= 0.6 is 11.3 Å². The summed E-state index contributed by atoms with van der Waals surface area (Å²) in [5.41, 5.74) is 1.30. The summed E-state index contributed by atoms with van der Waals surface area (Å²) >= 11 is 1.70. The highest BCUT2D eigenvalue weighted by molar-refractivity contribution is 7.07. The Labute approximate surface area is 136 Å². The van der Waals surface area contributed by atoms with Gasteiger partial charge in [0.05, 0.1) is 6.10 Å². The van der Waals surface area contributed by atoms with E-state index in [2.05, 4.69) is 29.1 Å². The van der Waals surface area contributed by atoms with Crippen molar-refractivity contribution in [2.75, 3.05) is 19.7 Å². The van der Waals surface area contributed by atoms with E-state index in [4.69, 9.17) is 4.74 Å². The van der Waals surface area contributed by atoms with E-state index in [1.54, 1.807) is 11.3 Å². The zero-order valence-electron chi connectivity index (χ0n) is 13.3. The van der Waals surface area contributed by atoms with Gasteiger partial charge in [0, 0.05) is 25.7 Å². The number of thiophene rings is 1. The molecule has 1 aliphatic heterocycles. The van der Waals surface area contributed by atoms with E-state index in [1.165, 1.54) is 18.4 Å². The van der Waals surface area contributed by atoms with Crippen molar-refractivity contribution in [1.82, 2.24) is 10.2 Å². The fraction of sp³-hybridized carbons (Fsp3) is 0.706. The monoisotopic (exact) mass is 322 g/mol. The molecular weight excluding hydrogens is 296 g/mol. The fourth-order valence-electron chi connectivity index (χ4n) is 2.90. The van der Waals surface area contributed by atoms with Gasteiger partial charge in [0.1, 0.15) is 0 Å². The summed E-state index contributed by atoms with van der Waals surface area (Å²) in [5.74, 6) is 0.819. The Morgan fingerprint density at radius 1 is 1.41 bits per heavy atom. The van der Waals surface area contributed by atoms with Crippen LogP contribution in [-0.4, -0.2) is 42.8 Å². The summed E-state index contributed by atoms with van der Waals surface area (Å²) in [5, 5.41) is 7.34. The number of carbonyl (C=O) groups excluding carboxylic acids is 1. The van der Waals surface area contributed by atoms with Crippen molar-refractivity contribution in [1.29, 1.82) is 0 Å². The quantitative estimate of drug-likeness (QED) is 0.873. The third kappa shape index (κ3) is 4.71. The molecule has 2 heterocycles. The Hall–Kier alpha value is -1.07. The number of hydrogen-bond acceptors (Lipinski definition) is 3. The van der Waals surface area contributed by atoms with Crippen LogP contribution in [0.15, 0.2) is 16.8 Å². The minimum absolute atomic E-state index is 0.0726. The normalized spacial score (nSPS) is 20.9. The topological polar surface area (TPSA) is 41.6 Å². The van der Waals surface area contributed by atoms with E-state index in [0.29, 0.717) is 6.10 Å². The Morgan fingerprint density at radius 3 is 2.82 bits per heavy atom. The molecular formula is C17H26N2O2S. The number of likely N-dealkylation sites (tertiary alicyclic amines) is 1. The third-order valence-corrected chi connectivity index (χ3v) is 5.22. The molecule has 1 atom stereocenters. The molecule has 3 rings (SSSR count). The van der Waals surface area contributed by atoms with Crippen molar-refractivity contribution in [3.8, 4) is 0 Å². The summed E-state index contributed by atoms with van der Waals surface area (Å²) in [4.78, 5) is 14.2. The number of hydrogen-bond donors (Lipinski definition) is 1. The highest BCUT2D eigenvalue weighted by Gasteiger charge is 2.27. The number of carbonyl (C=O) groups is 1. The van der Waals surface area contributed by atoms with Crippen molar-refractivity contribution in [2.24, 2.45) is 5.92 Å². The lowest BCUT2D eigenvalue weighted by Gasteiger charge is -2.32. The average molecular weight is 322 g/mol. The van der Waals surface area contributed by atoms with Crippen LogP contribution in [0.1, 0.15) is 38.2 Å². The maximum absolute atomic E-state index is 12.3. The molecule has 2 fully saturated rings. The van der Waals surface area contributed by atoms with Crippen LogP contribution in [0.4, 0.5) is 4.79 Å². The number of nitrogens with one attached hydrogen (secondary N) is 1. The Kier molecular flexibility index (Phi) is 5.37. The van der Waals surface area contributed by atoms with Crippen LogP contribution in [0.25, 0.3) is 0 Å². The molecule has 4 nitrogen and oxygen atoms in total. The third-order valence-electron chi connectivity index (χ3n) is 4.49. The molecule has 1 aromatic rings. The van der Waals surface area contributed by atoms with Crippen LogP contribution in [0, 0.1) is 5.92 Å². The summed E-state index contributed by atoms with van der Waals surface area (Å²) in [6.07, 6.45) is 5.87. The van der Waals surface area contributed by atoms with Crippen LogP contribution < -0.4 is 5.32 Å². The van der Waals surface area contributed by atoms with Gasteiger partial charge in [0.2, 0.25) is 0 Å². The average Bonchev–Trinajstić information content (AvgIpc) is 3.21. The molecule has 2 amide bonds. The maximum Gasteiger partial charge on any atom is 0.317 e. The summed E-state index contributed by atoms with van der Waals surface area (Å²) < 4.78 is 5.93. The minimum Gasteiger partial charge on any atom is -0.378 e. The molecule has 2 aliphatic rings. The SMILES string of the molecule is C[C@H](Cc1ccsc1)NC(=O)N1CCC(OCC2CC2)CC1. The predicted octanol–water partition coefficient (Wildman–Crippen LogP) is 3.28. The van der Waals surface area contributed by atoms with Gasteiger partial charge in [-0.05, 0) is 67.3 Å². The van der Waals surface area contributed by atoms with Crippen LogP contribution in [0.2, 0.25) is 0 Å². The first-order chi connectivity index (χ1) is 10.7. The maximum atomic E-state index is 12.3. The van der Waals surface area contributed by atoms with E-state index in [9.17, 15) is 4.79 Å². The second-order valence-electron chi connectivity index (χ2n) is 6.65. The standard InChI is InChI=1S/C17H26N2O2S/c1-13(10-15-6-9-22-12-15)18-17(20)19-7-4-16(5-8-19)21-11-14-2-3-14/h6,9,12-14,16H,2-5,7-8,10-11H2,1H3,(H,18,20)/t13-/m1/s1. The molecule has 0 spiro atoms. The Balaban J connectivity index is 1.35. The van der Waals surface area contributed by atoms with Crippen LogP contribution in [0.3, 0.4) is 0 Å². The van der Waals surface area contributed by atoms with Gasteiger partial charge in [-0.15, -0.1) is 0 Å². The number of piperidine rings is 1. The smallest absolute Gasteiger partial charge is 0.317 e. The zero-order chi connectivity index (χ0) is 15.4. The van der Waals surface area contributed by atoms with E-state index in [0.717, 1.165) is 44.9 Å². The highest BCUT2D eigenvalue weighted by Crippen LogP contribution is 2.30. The molecule has 1 saturated carbocycles. The number of urea groups is 1. The summed E-state index contributed by atoms with van der Waals surface area (Å²) in [7, 11) is 0. The number of nitrogens with zero attached hydrogens (tertiary/aromatic N) is 1. The number of ether oxygens (including phenoxy) is 1. The molecule has 1 aliphatic carbocycles. The molecule has 0 radical (unpaired) electrons. The number of amides is 2. The molecule has 22 heavy (non-hydrogen) atoms. The first-order valence-electron chi connectivity index (χ1n) is 8.39. The second-order valence-corrected chi connectivity index (χ2v) is 7.43. The van der Waals surface area contributed by atoms with E-state index in [-0.39, 0.29) is 12.1 Å². The largest absolute Gasteiger partial charge is 0.378 e. The van der Waals surface area contributed by atoms with Gasteiger partial charge in [0.25, 0.3) is 0 Å². The van der Waals surface area contributed by atoms with Crippen molar-refractivity contribution in [3.63, 3.8) is 0 Å². The summed E-state index contributed by atoms with van der Waals surface area (Å²) in [6.45, 7) is 4.62. The molecule has 5 heteroatoms. The Bertz CT molecular complexity index is 465. The molecule has 122 valence electrons. The Morgan fingerprint density at radius 2 is 2.18 bits per heavy atom. The van der Waals surface area contributed by atoms with E-state index >= 15 is 0 Å². The van der Waals surface area contributed by atoms with Gasteiger partial charge < -0.3 is 15.0 Å². The second kappa shape index (κ2) is 7.47. The first-order valence-corrected chi connectivity index (χ1v) is 9.33. The van der Waals surface area contributed by atoms with Gasteiger partial charge in [-0.3, -0.25) is 0 Å². The lowest BCUT2D eigenvalue weighted by molar-refractivity contribution is 0.00934. The lowest BCUT2D eigenvalue weighted by atomic mass is 10.1. The predicted molar refractivity (Wildman–Crippen MR) is 89.3 cm³/mol. The van der Waals surface area contributed by atoms with Gasteiger partial charge in [-0.1, -0.05) is 0 Å². The molecule has 0 unspecified atom stereocenters. The fourth-order valence-corrected chi connectivity index (χ4v) is 3.58. The van der Waals surface area contributed by atoms with Crippen molar-refractivity contribution in [3.05, 3.63) is 22.4 Å². The molecule has 0 bridgehead atoms. The minimum atomic E-state index is 0.0726. The van der Waals surface area contributed by atoms with Crippen molar-refractivity contribution in [2.45, 2.75) is 51.2 Å². The summed E-state index contributed by atoms with van der Waals surface area (Å²) in [6, 6.07) is 2.37. The van der Waals surface area contributed by atoms with Gasteiger partial charge in [0.15, 0.2) is 0 Å². The van der Waals surface area contributed by atoms with Gasteiger partial charge in [-0.2, -0.15) is 11.3 Å². The van der Waals surface area contributed by atoms with E-state index < -0.39 is 0 Å². The van der Waals surface area contributed by atoms with Crippen LogP contribution in [-0.2, 0) is 11.2 Å². The van der Waals surface area contributed by atoms with Gasteiger partial charge in [-0.25, -0.2) is 4.79 Å².